The minimum atomic E-state index is -0.245. The third kappa shape index (κ3) is 2.85. The van der Waals surface area contributed by atoms with Gasteiger partial charge >= 0.3 is 0 Å². The highest BCUT2D eigenvalue weighted by atomic mass is 32.2. The molecule has 0 aliphatic rings. The molecule has 4 rings (SSSR count). The Hall–Kier alpha value is -2.19. The second-order valence-electron chi connectivity index (χ2n) is 5.62. The number of aryl methyl sites for hydroxylation is 1. The van der Waals surface area contributed by atoms with E-state index >= 15 is 0 Å². The first kappa shape index (κ1) is 16.3. The number of hydrogen-bond donors (Lipinski definition) is 0. The van der Waals surface area contributed by atoms with Crippen molar-refractivity contribution in [1.82, 2.24) is 19.2 Å². The van der Waals surface area contributed by atoms with Gasteiger partial charge in [-0.2, -0.15) is 0 Å². The second-order valence-corrected chi connectivity index (χ2v) is 7.48. The topological polar surface area (TPSA) is 52.2 Å². The van der Waals surface area contributed by atoms with Crippen molar-refractivity contribution < 1.29 is 4.39 Å². The summed E-state index contributed by atoms with van der Waals surface area (Å²) in [6, 6.07) is 8.36. The maximum atomic E-state index is 13.0. The summed E-state index contributed by atoms with van der Waals surface area (Å²) in [4.78, 5) is 12.7. The Kier molecular flexibility index (Phi) is 4.30. The average molecular weight is 374 g/mol. The van der Waals surface area contributed by atoms with Gasteiger partial charge in [0.05, 0.1) is 5.52 Å². The molecule has 0 atom stereocenters. The van der Waals surface area contributed by atoms with E-state index in [-0.39, 0.29) is 11.4 Å². The smallest absolute Gasteiger partial charge is 0.272 e. The molecule has 0 radical (unpaired) electrons. The van der Waals surface area contributed by atoms with Gasteiger partial charge < -0.3 is 0 Å². The first-order valence-corrected chi connectivity index (χ1v) is 9.78. The van der Waals surface area contributed by atoms with Crippen LogP contribution in [0.1, 0.15) is 18.9 Å². The average Bonchev–Trinajstić information content (AvgIpc) is 3.25. The van der Waals surface area contributed by atoms with Gasteiger partial charge in [0.1, 0.15) is 10.5 Å². The van der Waals surface area contributed by atoms with E-state index < -0.39 is 0 Å². The van der Waals surface area contributed by atoms with Gasteiger partial charge in [-0.05, 0) is 35.6 Å². The second kappa shape index (κ2) is 6.61. The fourth-order valence-corrected chi connectivity index (χ4v) is 4.47. The molecule has 3 aromatic heterocycles. The van der Waals surface area contributed by atoms with Crippen LogP contribution < -0.4 is 5.56 Å². The summed E-state index contributed by atoms with van der Waals surface area (Å²) in [7, 11) is 0. The van der Waals surface area contributed by atoms with Crippen molar-refractivity contribution in [1.29, 1.82) is 0 Å². The van der Waals surface area contributed by atoms with Crippen LogP contribution >= 0.6 is 23.1 Å². The van der Waals surface area contributed by atoms with Crippen molar-refractivity contribution in [2.75, 3.05) is 0 Å². The van der Waals surface area contributed by atoms with E-state index in [4.69, 9.17) is 0 Å². The molecule has 0 spiro atoms. The zero-order valence-corrected chi connectivity index (χ0v) is 15.1. The Morgan fingerprint density at radius 1 is 1.20 bits per heavy atom. The van der Waals surface area contributed by atoms with Gasteiger partial charge in [0.15, 0.2) is 5.16 Å². The minimum absolute atomic E-state index is 0.0122. The summed E-state index contributed by atoms with van der Waals surface area (Å²) < 4.78 is 17.4. The van der Waals surface area contributed by atoms with Gasteiger partial charge in [0.2, 0.25) is 5.78 Å². The van der Waals surface area contributed by atoms with E-state index in [9.17, 15) is 9.18 Å². The molecule has 4 aromatic rings. The molecule has 0 saturated carbocycles. The van der Waals surface area contributed by atoms with Gasteiger partial charge in [-0.3, -0.25) is 13.8 Å². The van der Waals surface area contributed by atoms with Gasteiger partial charge in [-0.15, -0.1) is 21.5 Å². The van der Waals surface area contributed by atoms with E-state index in [2.05, 4.69) is 10.2 Å². The molecule has 1 aromatic carbocycles. The van der Waals surface area contributed by atoms with Crippen LogP contribution in [0.2, 0.25) is 0 Å². The fraction of sp³-hybridized carbons (Fsp3) is 0.235. The summed E-state index contributed by atoms with van der Waals surface area (Å²) in [5, 5.41) is 11.2. The number of nitrogens with zero attached hydrogens (tertiary/aromatic N) is 4. The quantitative estimate of drug-likeness (QED) is 0.497. The van der Waals surface area contributed by atoms with E-state index in [0.29, 0.717) is 22.8 Å². The number of rotatable bonds is 5. The van der Waals surface area contributed by atoms with Crippen LogP contribution in [0.15, 0.2) is 45.7 Å². The van der Waals surface area contributed by atoms with Crippen LogP contribution in [0.5, 0.6) is 0 Å². The van der Waals surface area contributed by atoms with E-state index in [1.165, 1.54) is 35.2 Å². The van der Waals surface area contributed by atoms with Crippen LogP contribution in [0, 0.1) is 5.82 Å². The first-order chi connectivity index (χ1) is 12.2. The lowest BCUT2D eigenvalue weighted by Gasteiger charge is -2.08. The molecule has 0 bridgehead atoms. The molecule has 0 aliphatic heterocycles. The zero-order chi connectivity index (χ0) is 17.4. The summed E-state index contributed by atoms with van der Waals surface area (Å²) in [5.74, 6) is 0.976. The Labute approximate surface area is 151 Å². The molecule has 0 N–H and O–H groups in total. The van der Waals surface area contributed by atoms with Crippen molar-refractivity contribution in [2.45, 2.75) is 30.8 Å². The van der Waals surface area contributed by atoms with E-state index in [1.807, 2.05) is 22.8 Å². The van der Waals surface area contributed by atoms with E-state index in [0.717, 1.165) is 22.7 Å². The molecule has 0 amide bonds. The molecule has 0 fully saturated rings. The van der Waals surface area contributed by atoms with Gasteiger partial charge in [0, 0.05) is 12.3 Å². The predicted molar refractivity (Wildman–Crippen MR) is 98.9 cm³/mol. The lowest BCUT2D eigenvalue weighted by molar-refractivity contribution is 0.627. The van der Waals surface area contributed by atoms with Crippen LogP contribution in [0.4, 0.5) is 4.39 Å². The van der Waals surface area contributed by atoms with Crippen molar-refractivity contribution in [3.63, 3.8) is 0 Å². The largest absolute Gasteiger partial charge is 0.276 e. The summed E-state index contributed by atoms with van der Waals surface area (Å²) in [5.41, 5.74) is 1.83. The fourth-order valence-electron chi connectivity index (χ4n) is 2.75. The standard InChI is InChI=1S/C17H15FN4OS2/c1-2-8-21-15(23)14-13(7-9-24-14)22-16(21)19-20-17(22)25-10-11-3-5-12(18)6-4-11/h3-7,9H,2,8,10H2,1H3. The third-order valence-electron chi connectivity index (χ3n) is 3.91. The number of thiophene rings is 1. The first-order valence-electron chi connectivity index (χ1n) is 7.91. The Morgan fingerprint density at radius 2 is 2.00 bits per heavy atom. The normalized spacial score (nSPS) is 11.6. The lowest BCUT2D eigenvalue weighted by atomic mass is 10.2. The molecule has 0 saturated heterocycles. The molecule has 0 aliphatic carbocycles. The molecule has 5 nitrogen and oxygen atoms in total. The summed E-state index contributed by atoms with van der Waals surface area (Å²) in [6.45, 7) is 2.64. The van der Waals surface area contributed by atoms with Crippen molar-refractivity contribution in [3.8, 4) is 0 Å². The SMILES string of the molecule is CCCn1c(=O)c2sccc2n2c(SCc3ccc(F)cc3)nnc12. The van der Waals surface area contributed by atoms with Gasteiger partial charge in [-0.1, -0.05) is 30.8 Å². The molecule has 25 heavy (non-hydrogen) atoms. The maximum absolute atomic E-state index is 13.0. The molecular formula is C17H15FN4OS2. The highest BCUT2D eigenvalue weighted by Gasteiger charge is 2.17. The van der Waals surface area contributed by atoms with Crippen LogP contribution in [-0.2, 0) is 12.3 Å². The Balaban J connectivity index is 1.80. The third-order valence-corrected chi connectivity index (χ3v) is 5.80. The molecule has 3 heterocycles. The van der Waals surface area contributed by atoms with Crippen molar-refractivity contribution >= 4 is 39.1 Å². The number of thioether (sulfide) groups is 1. The van der Waals surface area contributed by atoms with Crippen LogP contribution in [0.25, 0.3) is 16.0 Å². The van der Waals surface area contributed by atoms with Gasteiger partial charge in [0.25, 0.3) is 5.56 Å². The van der Waals surface area contributed by atoms with Crippen molar-refractivity contribution in [3.05, 3.63) is 57.4 Å². The summed E-state index contributed by atoms with van der Waals surface area (Å²) in [6.07, 6.45) is 0.845. The monoisotopic (exact) mass is 374 g/mol. The predicted octanol–water partition coefficient (Wildman–Crippen LogP) is 3.95. The maximum Gasteiger partial charge on any atom is 0.272 e. The van der Waals surface area contributed by atoms with E-state index in [1.54, 1.807) is 16.7 Å². The number of hydrogen-bond acceptors (Lipinski definition) is 5. The zero-order valence-electron chi connectivity index (χ0n) is 13.5. The van der Waals surface area contributed by atoms with Gasteiger partial charge in [-0.25, -0.2) is 4.39 Å². The molecule has 0 unspecified atom stereocenters. The summed E-state index contributed by atoms with van der Waals surface area (Å²) >= 11 is 2.96. The Bertz CT molecular complexity index is 1100. The molecule has 128 valence electrons. The number of halogens is 1. The Morgan fingerprint density at radius 3 is 2.76 bits per heavy atom. The number of fused-ring (bicyclic) bond motifs is 3. The molecular weight excluding hydrogens is 359 g/mol. The molecule has 8 heteroatoms. The highest BCUT2D eigenvalue weighted by molar-refractivity contribution is 7.98. The minimum Gasteiger partial charge on any atom is -0.276 e. The van der Waals surface area contributed by atoms with Crippen molar-refractivity contribution in [2.24, 2.45) is 0 Å². The highest BCUT2D eigenvalue weighted by Crippen LogP contribution is 2.26. The van der Waals surface area contributed by atoms with Crippen LogP contribution in [0.3, 0.4) is 0 Å². The number of aromatic nitrogens is 4. The van der Waals surface area contributed by atoms with Crippen LogP contribution in [-0.4, -0.2) is 19.2 Å². The lowest BCUT2D eigenvalue weighted by Crippen LogP contribution is -2.22. The number of benzene rings is 1.